The molecule has 0 fully saturated rings. The Morgan fingerprint density at radius 2 is 1.71 bits per heavy atom. The van der Waals surface area contributed by atoms with Crippen molar-refractivity contribution in [2.75, 3.05) is 6.61 Å². The Morgan fingerprint density at radius 3 is 2.48 bits per heavy atom. The summed E-state index contributed by atoms with van der Waals surface area (Å²) in [5, 5.41) is 4.63. The van der Waals surface area contributed by atoms with Crippen LogP contribution in [0.2, 0.25) is 15.1 Å². The second kappa shape index (κ2) is 9.60. The molecule has 3 aromatic carbocycles. The van der Waals surface area contributed by atoms with Crippen LogP contribution < -0.4 is 10.1 Å². The van der Waals surface area contributed by atoms with Crippen LogP contribution in [-0.2, 0) is 17.9 Å². The number of nitrogens with one attached hydrogen (secondary N) is 1. The predicted molar refractivity (Wildman–Crippen MR) is 124 cm³/mol. The van der Waals surface area contributed by atoms with Crippen LogP contribution in [0.5, 0.6) is 5.75 Å². The van der Waals surface area contributed by atoms with E-state index in [2.05, 4.69) is 10.3 Å². The maximum atomic E-state index is 12.3. The van der Waals surface area contributed by atoms with Crippen LogP contribution in [0.4, 0.5) is 0 Å². The first-order chi connectivity index (χ1) is 15.0. The Kier molecular flexibility index (Phi) is 6.66. The molecule has 1 amide bonds. The minimum Gasteiger partial charge on any atom is -0.484 e. The highest BCUT2D eigenvalue weighted by Gasteiger charge is 2.14. The summed E-state index contributed by atoms with van der Waals surface area (Å²) < 4.78 is 7.53. The molecule has 1 aromatic heterocycles. The van der Waals surface area contributed by atoms with E-state index in [1.165, 1.54) is 0 Å². The molecule has 0 saturated heterocycles. The Balaban J connectivity index is 1.48. The van der Waals surface area contributed by atoms with Crippen LogP contribution in [0, 0.1) is 0 Å². The molecule has 1 N–H and O–H groups in total. The first-order valence-electron chi connectivity index (χ1n) is 9.53. The molecular formula is C23H18Cl3N3O2. The number of halogens is 3. The van der Waals surface area contributed by atoms with E-state index in [4.69, 9.17) is 39.5 Å². The normalized spacial score (nSPS) is 10.9. The molecule has 0 aliphatic rings. The van der Waals surface area contributed by atoms with E-state index < -0.39 is 0 Å². The zero-order chi connectivity index (χ0) is 21.8. The van der Waals surface area contributed by atoms with Crippen molar-refractivity contribution in [1.82, 2.24) is 14.9 Å². The van der Waals surface area contributed by atoms with Crippen molar-refractivity contribution in [3.8, 4) is 5.75 Å². The lowest BCUT2D eigenvalue weighted by Crippen LogP contribution is -2.29. The Labute approximate surface area is 194 Å². The molecule has 0 aliphatic carbocycles. The molecular weight excluding hydrogens is 457 g/mol. The largest absolute Gasteiger partial charge is 0.484 e. The van der Waals surface area contributed by atoms with Crippen molar-refractivity contribution in [3.05, 3.63) is 93.2 Å². The Hall–Kier alpha value is -2.73. The average molecular weight is 475 g/mol. The summed E-state index contributed by atoms with van der Waals surface area (Å²) in [5.74, 6) is 1.04. The summed E-state index contributed by atoms with van der Waals surface area (Å²) in [7, 11) is 0. The van der Waals surface area contributed by atoms with Crippen molar-refractivity contribution >= 4 is 51.7 Å². The summed E-state index contributed by atoms with van der Waals surface area (Å²) in [6, 6.07) is 20.1. The summed E-state index contributed by atoms with van der Waals surface area (Å²) in [6.45, 7) is 0.649. The topological polar surface area (TPSA) is 56.1 Å². The zero-order valence-electron chi connectivity index (χ0n) is 16.3. The molecule has 5 nitrogen and oxygen atoms in total. The van der Waals surface area contributed by atoms with E-state index in [1.54, 1.807) is 36.4 Å². The van der Waals surface area contributed by atoms with Crippen molar-refractivity contribution < 1.29 is 9.53 Å². The smallest absolute Gasteiger partial charge is 0.258 e. The lowest BCUT2D eigenvalue weighted by molar-refractivity contribution is -0.123. The van der Waals surface area contributed by atoms with Crippen molar-refractivity contribution in [2.24, 2.45) is 0 Å². The minimum absolute atomic E-state index is 0.106. The van der Waals surface area contributed by atoms with Crippen molar-refractivity contribution in [2.45, 2.75) is 13.1 Å². The number of carbonyl (C=O) groups is 1. The number of imidazole rings is 1. The van der Waals surface area contributed by atoms with E-state index in [0.29, 0.717) is 33.2 Å². The monoisotopic (exact) mass is 473 g/mol. The lowest BCUT2D eigenvalue weighted by Gasteiger charge is -2.12. The van der Waals surface area contributed by atoms with Crippen LogP contribution in [0.3, 0.4) is 0 Å². The molecule has 31 heavy (non-hydrogen) atoms. The molecule has 8 heteroatoms. The summed E-state index contributed by atoms with van der Waals surface area (Å²) in [5.41, 5.74) is 2.71. The quantitative estimate of drug-likeness (QED) is 0.371. The first kappa shape index (κ1) is 21.5. The fraction of sp³-hybridized carbons (Fsp3) is 0.130. The summed E-state index contributed by atoms with van der Waals surface area (Å²) in [6.07, 6.45) is 0. The van der Waals surface area contributed by atoms with Gasteiger partial charge in [-0.3, -0.25) is 4.79 Å². The van der Waals surface area contributed by atoms with Gasteiger partial charge in [-0.1, -0.05) is 53.0 Å². The molecule has 0 spiro atoms. The third-order valence-electron chi connectivity index (χ3n) is 4.70. The fourth-order valence-electron chi connectivity index (χ4n) is 3.17. The fourth-order valence-corrected chi connectivity index (χ4v) is 3.76. The van der Waals surface area contributed by atoms with Gasteiger partial charge in [-0.05, 0) is 54.1 Å². The van der Waals surface area contributed by atoms with Gasteiger partial charge in [0.1, 0.15) is 11.6 Å². The second-order valence-corrected chi connectivity index (χ2v) is 8.14. The number of nitrogens with zero attached hydrogens (tertiary/aromatic N) is 2. The van der Waals surface area contributed by atoms with E-state index in [0.717, 1.165) is 16.6 Å². The number of aromatic nitrogens is 2. The van der Waals surface area contributed by atoms with Crippen LogP contribution >= 0.6 is 34.8 Å². The number of ether oxygens (including phenoxy) is 1. The molecule has 4 rings (SSSR count). The molecule has 4 aromatic rings. The van der Waals surface area contributed by atoms with Crippen LogP contribution in [-0.4, -0.2) is 22.1 Å². The maximum Gasteiger partial charge on any atom is 0.258 e. The summed E-state index contributed by atoms with van der Waals surface area (Å²) >= 11 is 18.3. The van der Waals surface area contributed by atoms with Gasteiger partial charge in [0.2, 0.25) is 0 Å². The summed E-state index contributed by atoms with van der Waals surface area (Å²) in [4.78, 5) is 17.0. The van der Waals surface area contributed by atoms with Crippen LogP contribution in [0.15, 0.2) is 66.7 Å². The van der Waals surface area contributed by atoms with Gasteiger partial charge in [0.25, 0.3) is 5.91 Å². The predicted octanol–water partition coefficient (Wildman–Crippen LogP) is 5.74. The van der Waals surface area contributed by atoms with Crippen molar-refractivity contribution in [1.29, 1.82) is 0 Å². The zero-order valence-corrected chi connectivity index (χ0v) is 18.6. The van der Waals surface area contributed by atoms with Gasteiger partial charge in [0, 0.05) is 15.1 Å². The van der Waals surface area contributed by atoms with Gasteiger partial charge in [0.15, 0.2) is 6.61 Å². The van der Waals surface area contributed by atoms with Gasteiger partial charge in [-0.2, -0.15) is 0 Å². The van der Waals surface area contributed by atoms with E-state index in [-0.39, 0.29) is 19.1 Å². The number of hydrogen-bond acceptors (Lipinski definition) is 3. The molecule has 158 valence electrons. The number of hydrogen-bond donors (Lipinski definition) is 1. The third kappa shape index (κ3) is 5.31. The Bertz CT molecular complexity index is 1220. The number of benzene rings is 3. The second-order valence-electron chi connectivity index (χ2n) is 6.86. The maximum absolute atomic E-state index is 12.3. The van der Waals surface area contributed by atoms with E-state index >= 15 is 0 Å². The van der Waals surface area contributed by atoms with Gasteiger partial charge >= 0.3 is 0 Å². The first-order valence-corrected chi connectivity index (χ1v) is 10.7. The van der Waals surface area contributed by atoms with Gasteiger partial charge < -0.3 is 14.6 Å². The molecule has 0 aliphatic heterocycles. The van der Waals surface area contributed by atoms with Crippen LogP contribution in [0.25, 0.3) is 11.0 Å². The van der Waals surface area contributed by atoms with E-state index in [9.17, 15) is 4.79 Å². The van der Waals surface area contributed by atoms with Crippen LogP contribution in [0.1, 0.15) is 11.4 Å². The standard InChI is InChI=1S/C23H18Cl3N3O2/c24-16-7-9-18(10-8-16)31-14-23(30)27-12-22-28-20-3-1-2-4-21(20)29(22)13-15-5-6-17(25)11-19(15)26/h1-11H,12-14H2,(H,27,30). The highest BCUT2D eigenvalue weighted by molar-refractivity contribution is 6.35. The van der Waals surface area contributed by atoms with E-state index in [1.807, 2.05) is 34.9 Å². The Morgan fingerprint density at radius 1 is 0.968 bits per heavy atom. The lowest BCUT2D eigenvalue weighted by atomic mass is 10.2. The highest BCUT2D eigenvalue weighted by atomic mass is 35.5. The van der Waals surface area contributed by atoms with Gasteiger partial charge in [-0.25, -0.2) is 4.98 Å². The molecule has 0 atom stereocenters. The number of fused-ring (bicyclic) bond motifs is 1. The van der Waals surface area contributed by atoms with Gasteiger partial charge in [0.05, 0.1) is 24.1 Å². The molecule has 0 saturated carbocycles. The highest BCUT2D eigenvalue weighted by Crippen LogP contribution is 2.24. The molecule has 0 bridgehead atoms. The minimum atomic E-state index is -0.252. The number of amides is 1. The SMILES string of the molecule is O=C(COc1ccc(Cl)cc1)NCc1nc2ccccc2n1Cc1ccc(Cl)cc1Cl. The van der Waals surface area contributed by atoms with Crippen molar-refractivity contribution in [3.63, 3.8) is 0 Å². The molecule has 0 radical (unpaired) electrons. The number of carbonyl (C=O) groups excluding carboxylic acids is 1. The number of para-hydroxylation sites is 2. The average Bonchev–Trinajstić information content (AvgIpc) is 3.11. The molecule has 0 unspecified atom stereocenters. The number of rotatable bonds is 7. The third-order valence-corrected chi connectivity index (χ3v) is 5.54. The van der Waals surface area contributed by atoms with Gasteiger partial charge in [-0.15, -0.1) is 0 Å². The molecule has 1 heterocycles.